The average molecular weight is 195 g/mol. The van der Waals surface area contributed by atoms with Crippen LogP contribution in [-0.4, -0.2) is 23.5 Å². The Kier molecular flexibility index (Phi) is 2.88. The van der Waals surface area contributed by atoms with Gasteiger partial charge in [0, 0.05) is 18.6 Å². The molecule has 1 nitrogen and oxygen atoms in total. The molecule has 3 atom stereocenters. The highest BCUT2D eigenvalue weighted by atomic mass is 15.2. The summed E-state index contributed by atoms with van der Waals surface area (Å²) in [6.07, 6.45) is 4.48. The third-order valence-corrected chi connectivity index (χ3v) is 4.33. The zero-order chi connectivity index (χ0) is 10.3. The Morgan fingerprint density at radius 2 is 1.79 bits per heavy atom. The summed E-state index contributed by atoms with van der Waals surface area (Å²) in [6, 6.07) is 1.62. The van der Waals surface area contributed by atoms with E-state index in [1.165, 1.54) is 25.8 Å². The van der Waals surface area contributed by atoms with Crippen LogP contribution in [0.25, 0.3) is 0 Å². The molecule has 0 bridgehead atoms. The van der Waals surface area contributed by atoms with E-state index in [0.29, 0.717) is 0 Å². The minimum absolute atomic E-state index is 0.744. The van der Waals surface area contributed by atoms with Gasteiger partial charge in [-0.15, -0.1) is 0 Å². The van der Waals surface area contributed by atoms with Crippen molar-refractivity contribution < 1.29 is 0 Å². The molecule has 1 saturated heterocycles. The smallest absolute Gasteiger partial charge is 0.0152 e. The Hall–Kier alpha value is -0.0400. The predicted molar refractivity (Wildman–Crippen MR) is 61.3 cm³/mol. The monoisotopic (exact) mass is 195 g/mol. The van der Waals surface area contributed by atoms with Gasteiger partial charge in [-0.2, -0.15) is 0 Å². The van der Waals surface area contributed by atoms with Crippen LogP contribution in [0.3, 0.4) is 0 Å². The normalized spacial score (nSPS) is 38.6. The van der Waals surface area contributed by atoms with E-state index in [1.807, 2.05) is 0 Å². The number of nitrogens with zero attached hydrogens (tertiary/aromatic N) is 1. The summed E-state index contributed by atoms with van der Waals surface area (Å²) in [5.74, 6) is 2.90. The quantitative estimate of drug-likeness (QED) is 0.654. The maximum Gasteiger partial charge on any atom is 0.0152 e. The maximum atomic E-state index is 2.76. The Bertz CT molecular complexity index is 197. The summed E-state index contributed by atoms with van der Waals surface area (Å²) in [4.78, 5) is 2.76. The van der Waals surface area contributed by atoms with Crippen molar-refractivity contribution in [1.29, 1.82) is 0 Å². The lowest BCUT2D eigenvalue weighted by molar-refractivity contribution is 0.138. The molecule has 0 N–H and O–H groups in total. The summed E-state index contributed by atoms with van der Waals surface area (Å²) in [5, 5.41) is 0. The summed E-state index contributed by atoms with van der Waals surface area (Å²) in [5.41, 5.74) is 0. The molecule has 0 aromatic carbocycles. The van der Waals surface area contributed by atoms with Crippen molar-refractivity contribution in [2.75, 3.05) is 6.54 Å². The first-order valence-electron chi connectivity index (χ1n) is 6.37. The van der Waals surface area contributed by atoms with Gasteiger partial charge < -0.3 is 0 Å². The minimum atomic E-state index is 0.744. The predicted octanol–water partition coefficient (Wildman–Crippen LogP) is 3.15. The summed E-state index contributed by atoms with van der Waals surface area (Å²) in [7, 11) is 0. The van der Waals surface area contributed by atoms with Crippen LogP contribution in [0, 0.1) is 17.8 Å². The molecule has 1 heteroatoms. The van der Waals surface area contributed by atoms with Gasteiger partial charge in [0.15, 0.2) is 0 Å². The molecule has 1 saturated carbocycles. The fraction of sp³-hybridized carbons (Fsp3) is 1.00. The molecular weight excluding hydrogens is 170 g/mol. The Morgan fingerprint density at radius 3 is 2.36 bits per heavy atom. The van der Waals surface area contributed by atoms with Crippen molar-refractivity contribution in [3.8, 4) is 0 Å². The first-order chi connectivity index (χ1) is 6.61. The lowest BCUT2D eigenvalue weighted by Crippen LogP contribution is -2.41. The van der Waals surface area contributed by atoms with E-state index in [0.717, 1.165) is 29.8 Å². The molecule has 0 aromatic heterocycles. The van der Waals surface area contributed by atoms with E-state index in [4.69, 9.17) is 0 Å². The van der Waals surface area contributed by atoms with Crippen molar-refractivity contribution >= 4 is 0 Å². The lowest BCUT2D eigenvalue weighted by atomic mass is 9.87. The SMILES string of the molecule is CC(C)C1[C@H]2CCC[C@H]2CN1C(C)C. The third-order valence-electron chi connectivity index (χ3n) is 4.33. The fourth-order valence-electron chi connectivity index (χ4n) is 3.81. The number of hydrogen-bond acceptors (Lipinski definition) is 1. The van der Waals surface area contributed by atoms with Gasteiger partial charge in [-0.25, -0.2) is 0 Å². The van der Waals surface area contributed by atoms with Gasteiger partial charge in [-0.1, -0.05) is 20.3 Å². The molecular formula is C13H25N. The minimum Gasteiger partial charge on any atom is -0.297 e. The van der Waals surface area contributed by atoms with Gasteiger partial charge in [0.25, 0.3) is 0 Å². The number of likely N-dealkylation sites (tertiary alicyclic amines) is 1. The van der Waals surface area contributed by atoms with Crippen LogP contribution in [0.4, 0.5) is 0 Å². The van der Waals surface area contributed by atoms with Crippen LogP contribution in [-0.2, 0) is 0 Å². The van der Waals surface area contributed by atoms with E-state index >= 15 is 0 Å². The highest BCUT2D eigenvalue weighted by Crippen LogP contribution is 2.45. The Labute approximate surface area is 88.9 Å². The van der Waals surface area contributed by atoms with E-state index in [2.05, 4.69) is 32.6 Å². The first-order valence-corrected chi connectivity index (χ1v) is 6.37. The molecule has 0 amide bonds. The third kappa shape index (κ3) is 1.60. The average Bonchev–Trinajstić information content (AvgIpc) is 2.58. The van der Waals surface area contributed by atoms with Crippen LogP contribution in [0.5, 0.6) is 0 Å². The lowest BCUT2D eigenvalue weighted by Gasteiger charge is -2.34. The van der Waals surface area contributed by atoms with Crippen molar-refractivity contribution in [2.45, 2.75) is 59.0 Å². The topological polar surface area (TPSA) is 3.24 Å². The molecule has 0 radical (unpaired) electrons. The molecule has 1 aliphatic heterocycles. The molecule has 1 unspecified atom stereocenters. The van der Waals surface area contributed by atoms with Crippen LogP contribution in [0.1, 0.15) is 47.0 Å². The largest absolute Gasteiger partial charge is 0.297 e. The summed E-state index contributed by atoms with van der Waals surface area (Å²) < 4.78 is 0. The van der Waals surface area contributed by atoms with Crippen LogP contribution in [0.2, 0.25) is 0 Å². The van der Waals surface area contributed by atoms with Gasteiger partial charge in [0.1, 0.15) is 0 Å². The van der Waals surface area contributed by atoms with E-state index in [-0.39, 0.29) is 0 Å². The molecule has 2 aliphatic rings. The van der Waals surface area contributed by atoms with E-state index < -0.39 is 0 Å². The van der Waals surface area contributed by atoms with Crippen LogP contribution < -0.4 is 0 Å². The molecule has 2 fully saturated rings. The zero-order valence-corrected chi connectivity index (χ0v) is 10.2. The second kappa shape index (κ2) is 3.84. The molecule has 0 aromatic rings. The highest BCUT2D eigenvalue weighted by molar-refractivity contribution is 4.98. The van der Waals surface area contributed by atoms with E-state index in [1.54, 1.807) is 0 Å². The fourth-order valence-corrected chi connectivity index (χ4v) is 3.81. The zero-order valence-electron chi connectivity index (χ0n) is 10.2. The standard InChI is InChI=1S/C13H25N/c1-9(2)13-12-7-5-6-11(12)8-14(13)10(3)4/h9-13H,5-8H2,1-4H3/t11-,12-,13?/m0/s1. The van der Waals surface area contributed by atoms with Crippen LogP contribution >= 0.6 is 0 Å². The van der Waals surface area contributed by atoms with Crippen molar-refractivity contribution in [2.24, 2.45) is 17.8 Å². The molecule has 1 heterocycles. The molecule has 82 valence electrons. The second-order valence-corrected chi connectivity index (χ2v) is 5.88. The van der Waals surface area contributed by atoms with Crippen molar-refractivity contribution in [1.82, 2.24) is 4.90 Å². The van der Waals surface area contributed by atoms with Crippen molar-refractivity contribution in [3.63, 3.8) is 0 Å². The summed E-state index contributed by atoms with van der Waals surface area (Å²) >= 11 is 0. The molecule has 0 spiro atoms. The second-order valence-electron chi connectivity index (χ2n) is 5.88. The maximum absolute atomic E-state index is 2.76. The van der Waals surface area contributed by atoms with Crippen LogP contribution in [0.15, 0.2) is 0 Å². The van der Waals surface area contributed by atoms with E-state index in [9.17, 15) is 0 Å². The van der Waals surface area contributed by atoms with Gasteiger partial charge >= 0.3 is 0 Å². The van der Waals surface area contributed by atoms with Gasteiger partial charge in [0.2, 0.25) is 0 Å². The van der Waals surface area contributed by atoms with Crippen molar-refractivity contribution in [3.05, 3.63) is 0 Å². The van der Waals surface area contributed by atoms with Gasteiger partial charge in [-0.3, -0.25) is 4.90 Å². The Balaban J connectivity index is 2.13. The summed E-state index contributed by atoms with van der Waals surface area (Å²) in [6.45, 7) is 10.9. The molecule has 2 rings (SSSR count). The molecule has 1 aliphatic carbocycles. The number of hydrogen-bond donors (Lipinski definition) is 0. The number of rotatable bonds is 2. The highest BCUT2D eigenvalue weighted by Gasteiger charge is 2.45. The van der Waals surface area contributed by atoms with Gasteiger partial charge in [0.05, 0.1) is 0 Å². The Morgan fingerprint density at radius 1 is 1.07 bits per heavy atom. The first kappa shape index (κ1) is 10.5. The molecule has 14 heavy (non-hydrogen) atoms. The van der Waals surface area contributed by atoms with Gasteiger partial charge in [-0.05, 0) is 44.4 Å². The number of fused-ring (bicyclic) bond motifs is 1.